The number of nitrogens with zero attached hydrogens (tertiary/aromatic N) is 2. The molecule has 0 bridgehead atoms. The van der Waals surface area contributed by atoms with E-state index in [1.54, 1.807) is 0 Å². The highest BCUT2D eigenvalue weighted by Gasteiger charge is 2.22. The third-order valence-corrected chi connectivity index (χ3v) is 3.89. The van der Waals surface area contributed by atoms with Gasteiger partial charge in [-0.3, -0.25) is 9.36 Å². The average molecular weight is 218 g/mol. The molecular weight excluding hydrogens is 200 g/mol. The molecule has 0 amide bonds. The molecular formula is C13H18N2O. The van der Waals surface area contributed by atoms with Crippen molar-refractivity contribution in [3.8, 4) is 0 Å². The lowest BCUT2D eigenvalue weighted by molar-refractivity contribution is 0.388. The lowest BCUT2D eigenvalue weighted by Gasteiger charge is -2.25. The van der Waals surface area contributed by atoms with E-state index in [-0.39, 0.29) is 5.56 Å². The minimum Gasteiger partial charge on any atom is -0.296 e. The molecule has 0 radical (unpaired) electrons. The normalized spacial score (nSPS) is 23.7. The van der Waals surface area contributed by atoms with E-state index >= 15 is 0 Å². The second-order valence-corrected chi connectivity index (χ2v) is 5.22. The Hall–Kier alpha value is -1.12. The number of hydrogen-bond donors (Lipinski definition) is 0. The van der Waals surface area contributed by atoms with Crippen LogP contribution in [0.25, 0.3) is 0 Å². The van der Waals surface area contributed by atoms with Crippen LogP contribution in [-0.4, -0.2) is 9.55 Å². The molecule has 16 heavy (non-hydrogen) atoms. The fourth-order valence-corrected chi connectivity index (χ4v) is 2.89. The molecule has 1 atom stereocenters. The number of fused-ring (bicyclic) bond motifs is 2. The second-order valence-electron chi connectivity index (χ2n) is 5.22. The number of aryl methyl sites for hydroxylation is 1. The fourth-order valence-electron chi connectivity index (χ4n) is 2.89. The van der Waals surface area contributed by atoms with Crippen LogP contribution in [0.4, 0.5) is 0 Å². The molecule has 0 unspecified atom stereocenters. The van der Waals surface area contributed by atoms with Gasteiger partial charge in [0.25, 0.3) is 5.56 Å². The van der Waals surface area contributed by atoms with Gasteiger partial charge in [0.2, 0.25) is 0 Å². The van der Waals surface area contributed by atoms with Crippen molar-refractivity contribution in [2.24, 2.45) is 5.92 Å². The maximum Gasteiger partial charge on any atom is 0.256 e. The molecule has 1 aliphatic carbocycles. The van der Waals surface area contributed by atoms with E-state index < -0.39 is 0 Å². The highest BCUT2D eigenvalue weighted by molar-refractivity contribution is 5.22. The Morgan fingerprint density at radius 2 is 2.12 bits per heavy atom. The SMILES string of the molecule is C[C@@H]1CCn2c(nc3c(c2=O)CCCC3)C1. The molecule has 2 aliphatic rings. The van der Waals surface area contributed by atoms with E-state index in [0.717, 1.165) is 55.7 Å². The van der Waals surface area contributed by atoms with Crippen molar-refractivity contribution in [3.63, 3.8) is 0 Å². The van der Waals surface area contributed by atoms with Crippen molar-refractivity contribution in [2.75, 3.05) is 0 Å². The van der Waals surface area contributed by atoms with E-state index in [1.165, 1.54) is 6.42 Å². The maximum absolute atomic E-state index is 12.3. The van der Waals surface area contributed by atoms with E-state index in [0.29, 0.717) is 5.92 Å². The van der Waals surface area contributed by atoms with Gasteiger partial charge in [0.05, 0.1) is 5.69 Å². The zero-order valence-corrected chi connectivity index (χ0v) is 9.83. The predicted octanol–water partition coefficient (Wildman–Crippen LogP) is 1.70. The van der Waals surface area contributed by atoms with Gasteiger partial charge in [0, 0.05) is 18.5 Å². The van der Waals surface area contributed by atoms with Crippen molar-refractivity contribution in [1.29, 1.82) is 0 Å². The molecule has 0 aromatic carbocycles. The molecule has 1 aromatic heterocycles. The zero-order chi connectivity index (χ0) is 11.1. The van der Waals surface area contributed by atoms with Crippen LogP contribution in [-0.2, 0) is 25.8 Å². The molecule has 0 saturated carbocycles. The minimum absolute atomic E-state index is 0.256. The van der Waals surface area contributed by atoms with Crippen LogP contribution in [0.5, 0.6) is 0 Å². The topological polar surface area (TPSA) is 34.9 Å². The molecule has 0 saturated heterocycles. The molecule has 0 fully saturated rings. The van der Waals surface area contributed by atoms with Crippen LogP contribution in [0.3, 0.4) is 0 Å². The van der Waals surface area contributed by atoms with Crippen molar-refractivity contribution < 1.29 is 0 Å². The molecule has 0 N–H and O–H groups in total. The average Bonchev–Trinajstić information content (AvgIpc) is 2.29. The Labute approximate surface area is 95.5 Å². The van der Waals surface area contributed by atoms with Gasteiger partial charge in [0.1, 0.15) is 5.82 Å². The Balaban J connectivity index is 2.15. The van der Waals surface area contributed by atoms with Gasteiger partial charge in [-0.1, -0.05) is 6.92 Å². The first-order valence-corrected chi connectivity index (χ1v) is 6.37. The molecule has 86 valence electrons. The van der Waals surface area contributed by atoms with Crippen LogP contribution < -0.4 is 5.56 Å². The largest absolute Gasteiger partial charge is 0.296 e. The third-order valence-electron chi connectivity index (χ3n) is 3.89. The van der Waals surface area contributed by atoms with Crippen molar-refractivity contribution >= 4 is 0 Å². The standard InChI is InChI=1S/C13H18N2O/c1-9-6-7-15-12(8-9)14-11-5-3-2-4-10(11)13(15)16/h9H,2-8H2,1H3/t9-/m1/s1. The number of hydrogen-bond acceptors (Lipinski definition) is 2. The monoisotopic (exact) mass is 218 g/mol. The summed E-state index contributed by atoms with van der Waals surface area (Å²) in [5.74, 6) is 1.71. The minimum atomic E-state index is 0.256. The van der Waals surface area contributed by atoms with Crippen LogP contribution >= 0.6 is 0 Å². The Morgan fingerprint density at radius 1 is 1.31 bits per heavy atom. The molecule has 3 heteroatoms. The van der Waals surface area contributed by atoms with Crippen LogP contribution in [0, 0.1) is 5.92 Å². The van der Waals surface area contributed by atoms with E-state index in [2.05, 4.69) is 6.92 Å². The third kappa shape index (κ3) is 1.49. The Morgan fingerprint density at radius 3 is 3.00 bits per heavy atom. The van der Waals surface area contributed by atoms with Gasteiger partial charge < -0.3 is 0 Å². The van der Waals surface area contributed by atoms with Gasteiger partial charge in [0.15, 0.2) is 0 Å². The first-order chi connectivity index (χ1) is 7.75. The molecule has 0 spiro atoms. The van der Waals surface area contributed by atoms with Crippen molar-refractivity contribution in [3.05, 3.63) is 27.4 Å². The van der Waals surface area contributed by atoms with Gasteiger partial charge >= 0.3 is 0 Å². The maximum atomic E-state index is 12.3. The van der Waals surface area contributed by atoms with E-state index in [4.69, 9.17) is 4.98 Å². The molecule has 1 aromatic rings. The first kappa shape index (κ1) is 10.1. The molecule has 1 aliphatic heterocycles. The lowest BCUT2D eigenvalue weighted by Crippen LogP contribution is -2.35. The van der Waals surface area contributed by atoms with Crippen molar-refractivity contribution in [1.82, 2.24) is 9.55 Å². The van der Waals surface area contributed by atoms with E-state index in [1.807, 2.05) is 4.57 Å². The van der Waals surface area contributed by atoms with E-state index in [9.17, 15) is 4.79 Å². The lowest BCUT2D eigenvalue weighted by atomic mass is 9.95. The summed E-state index contributed by atoms with van der Waals surface area (Å²) in [6, 6.07) is 0. The second kappa shape index (κ2) is 3.72. The summed E-state index contributed by atoms with van der Waals surface area (Å²) < 4.78 is 1.92. The van der Waals surface area contributed by atoms with Crippen LogP contribution in [0.15, 0.2) is 4.79 Å². The summed E-state index contributed by atoms with van der Waals surface area (Å²) >= 11 is 0. The van der Waals surface area contributed by atoms with Gasteiger partial charge in [-0.15, -0.1) is 0 Å². The smallest absolute Gasteiger partial charge is 0.256 e. The highest BCUT2D eigenvalue weighted by Crippen LogP contribution is 2.21. The van der Waals surface area contributed by atoms with Gasteiger partial charge in [-0.05, 0) is 38.0 Å². The summed E-state index contributed by atoms with van der Waals surface area (Å²) in [7, 11) is 0. The zero-order valence-electron chi connectivity index (χ0n) is 9.83. The fraction of sp³-hybridized carbons (Fsp3) is 0.692. The summed E-state index contributed by atoms with van der Waals surface area (Å²) in [6.45, 7) is 3.12. The summed E-state index contributed by atoms with van der Waals surface area (Å²) in [6.07, 6.45) is 6.39. The first-order valence-electron chi connectivity index (χ1n) is 6.37. The molecule has 3 nitrogen and oxygen atoms in total. The van der Waals surface area contributed by atoms with Crippen LogP contribution in [0.2, 0.25) is 0 Å². The Bertz CT molecular complexity index is 476. The summed E-state index contributed by atoms with van der Waals surface area (Å²) in [4.78, 5) is 17.0. The van der Waals surface area contributed by atoms with Crippen LogP contribution in [0.1, 0.15) is 43.3 Å². The van der Waals surface area contributed by atoms with Gasteiger partial charge in [-0.25, -0.2) is 4.98 Å². The quantitative estimate of drug-likeness (QED) is 0.664. The Kier molecular flexibility index (Phi) is 2.34. The molecule has 3 rings (SSSR count). The number of rotatable bonds is 0. The van der Waals surface area contributed by atoms with Gasteiger partial charge in [-0.2, -0.15) is 0 Å². The predicted molar refractivity (Wildman–Crippen MR) is 62.6 cm³/mol. The molecule has 2 heterocycles. The van der Waals surface area contributed by atoms with Crippen molar-refractivity contribution in [2.45, 2.75) is 52.0 Å². The summed E-state index contributed by atoms with van der Waals surface area (Å²) in [5.41, 5.74) is 2.35. The number of aromatic nitrogens is 2. The summed E-state index contributed by atoms with van der Waals surface area (Å²) in [5, 5.41) is 0. The highest BCUT2D eigenvalue weighted by atomic mass is 16.1.